The first-order valence-corrected chi connectivity index (χ1v) is 8.81. The fourth-order valence-corrected chi connectivity index (χ4v) is 3.76. The molecule has 0 saturated carbocycles. The van der Waals surface area contributed by atoms with Gasteiger partial charge in [-0.15, -0.1) is 0 Å². The van der Waals surface area contributed by atoms with E-state index in [0.29, 0.717) is 11.7 Å². The fraction of sp³-hybridized carbons (Fsp3) is 0.550. The van der Waals surface area contributed by atoms with Gasteiger partial charge in [-0.2, -0.15) is 0 Å². The van der Waals surface area contributed by atoms with E-state index in [4.69, 9.17) is 0 Å². The molecule has 0 aromatic heterocycles. The number of carbonyl (C=O) groups is 1. The van der Waals surface area contributed by atoms with E-state index in [-0.39, 0.29) is 0 Å². The predicted molar refractivity (Wildman–Crippen MR) is 92.0 cm³/mol. The number of nitrogens with zero attached hydrogens (tertiary/aromatic N) is 1. The van der Waals surface area contributed by atoms with Gasteiger partial charge in [-0.3, -0.25) is 4.79 Å². The lowest BCUT2D eigenvalue weighted by molar-refractivity contribution is -0.119. The molecule has 0 N–H and O–H groups in total. The lowest BCUT2D eigenvalue weighted by Gasteiger charge is -2.33. The van der Waals surface area contributed by atoms with Gasteiger partial charge in [-0.05, 0) is 36.9 Å². The Kier molecular flexibility index (Phi) is 5.09. The molecule has 1 fully saturated rings. The first-order chi connectivity index (χ1) is 10.8. The third kappa shape index (κ3) is 3.49. The molecule has 1 aliphatic heterocycles. The van der Waals surface area contributed by atoms with Gasteiger partial charge < -0.3 is 4.90 Å². The molecular weight excluding hydrogens is 270 g/mol. The smallest absolute Gasteiger partial charge is 0.132 e. The third-order valence-electron chi connectivity index (χ3n) is 5.06. The lowest BCUT2D eigenvalue weighted by atomic mass is 9.90. The Bertz CT molecular complexity index is 561. The van der Waals surface area contributed by atoms with Crippen LogP contribution < -0.4 is 0 Å². The second-order valence-corrected chi connectivity index (χ2v) is 6.70. The molecule has 0 spiro atoms. The molecule has 1 saturated heterocycles. The average Bonchev–Trinajstić information content (AvgIpc) is 2.91. The van der Waals surface area contributed by atoms with Crippen LogP contribution in [0.5, 0.6) is 0 Å². The van der Waals surface area contributed by atoms with Crippen molar-refractivity contribution in [3.63, 3.8) is 0 Å². The number of rotatable bonds is 7. The summed E-state index contributed by atoms with van der Waals surface area (Å²) in [5.41, 5.74) is 4.52. The molecule has 3 rings (SSSR count). The van der Waals surface area contributed by atoms with E-state index in [9.17, 15) is 4.79 Å². The van der Waals surface area contributed by atoms with Gasteiger partial charge in [0, 0.05) is 31.8 Å². The van der Waals surface area contributed by atoms with Crippen molar-refractivity contribution in [3.05, 3.63) is 41.0 Å². The number of hydrogen-bond acceptors (Lipinski definition) is 2. The number of ketones is 1. The number of Topliss-reactive ketones (excluding diaryl/α,β-unsaturated/α-hetero) is 1. The number of unbranched alkanes of at least 4 members (excludes halogenated alkanes) is 1. The molecule has 1 aromatic carbocycles. The number of carbonyl (C=O) groups excluding carboxylic acids is 1. The van der Waals surface area contributed by atoms with Crippen molar-refractivity contribution < 1.29 is 4.79 Å². The topological polar surface area (TPSA) is 20.3 Å². The van der Waals surface area contributed by atoms with Crippen molar-refractivity contribution >= 4 is 11.9 Å². The molecule has 0 amide bonds. The number of benzene rings is 1. The number of likely N-dealkylation sites (tertiary alicyclic amines) is 1. The molecule has 1 aliphatic carbocycles. The number of fused-ring (bicyclic) bond motifs is 3. The Balaban J connectivity index is 1.48. The lowest BCUT2D eigenvalue weighted by Crippen LogP contribution is -2.35. The van der Waals surface area contributed by atoms with Crippen LogP contribution in [0, 0.1) is 0 Å². The standard InChI is InChI=1S/C20H27NO/c1-2-3-8-18(22)9-6-12-21-13-11-17-14-16-7-4-5-10-19(16)20(17)15-21/h4-5,7,10,14,20H,2-3,6,8-9,11-13,15H2,1H3. The highest BCUT2D eigenvalue weighted by Gasteiger charge is 2.30. The third-order valence-corrected chi connectivity index (χ3v) is 5.06. The molecular formula is C20H27NO. The van der Waals surface area contributed by atoms with Crippen LogP contribution in [0.3, 0.4) is 0 Å². The molecule has 2 nitrogen and oxygen atoms in total. The molecule has 2 heteroatoms. The largest absolute Gasteiger partial charge is 0.302 e. The summed E-state index contributed by atoms with van der Waals surface area (Å²) >= 11 is 0. The highest BCUT2D eigenvalue weighted by molar-refractivity contribution is 5.78. The van der Waals surface area contributed by atoms with E-state index in [1.165, 1.54) is 17.5 Å². The molecule has 2 aliphatic rings. The van der Waals surface area contributed by atoms with Gasteiger partial charge in [0.2, 0.25) is 0 Å². The average molecular weight is 297 g/mol. The second-order valence-electron chi connectivity index (χ2n) is 6.70. The Labute approximate surface area is 134 Å². The zero-order valence-electron chi connectivity index (χ0n) is 13.7. The number of hydrogen-bond donors (Lipinski definition) is 0. The van der Waals surface area contributed by atoms with Crippen LogP contribution in [0.4, 0.5) is 0 Å². The van der Waals surface area contributed by atoms with Crippen LogP contribution >= 0.6 is 0 Å². The maximum absolute atomic E-state index is 11.8. The molecule has 0 bridgehead atoms. The first kappa shape index (κ1) is 15.5. The van der Waals surface area contributed by atoms with Crippen molar-refractivity contribution in [1.82, 2.24) is 4.90 Å². The Hall–Kier alpha value is -1.41. The van der Waals surface area contributed by atoms with Crippen LogP contribution in [0.15, 0.2) is 29.8 Å². The van der Waals surface area contributed by atoms with Gasteiger partial charge in [0.15, 0.2) is 0 Å². The minimum Gasteiger partial charge on any atom is -0.302 e. The molecule has 118 valence electrons. The van der Waals surface area contributed by atoms with E-state index >= 15 is 0 Å². The van der Waals surface area contributed by atoms with E-state index < -0.39 is 0 Å². The zero-order chi connectivity index (χ0) is 15.4. The summed E-state index contributed by atoms with van der Waals surface area (Å²) in [5, 5.41) is 0. The monoisotopic (exact) mass is 297 g/mol. The van der Waals surface area contributed by atoms with Crippen molar-refractivity contribution in [2.24, 2.45) is 0 Å². The predicted octanol–water partition coefficient (Wildman–Crippen LogP) is 4.41. The quantitative estimate of drug-likeness (QED) is 0.743. The first-order valence-electron chi connectivity index (χ1n) is 8.81. The van der Waals surface area contributed by atoms with Gasteiger partial charge in [0.1, 0.15) is 5.78 Å². The van der Waals surface area contributed by atoms with Gasteiger partial charge in [-0.1, -0.05) is 49.3 Å². The molecule has 1 atom stereocenters. The van der Waals surface area contributed by atoms with E-state index in [0.717, 1.165) is 51.7 Å². The summed E-state index contributed by atoms with van der Waals surface area (Å²) in [7, 11) is 0. The van der Waals surface area contributed by atoms with Crippen molar-refractivity contribution in [1.29, 1.82) is 0 Å². The molecule has 0 radical (unpaired) electrons. The highest BCUT2D eigenvalue weighted by Crippen LogP contribution is 2.40. The van der Waals surface area contributed by atoms with Crippen molar-refractivity contribution in [3.8, 4) is 0 Å². The van der Waals surface area contributed by atoms with Gasteiger partial charge in [0.05, 0.1) is 0 Å². The summed E-state index contributed by atoms with van der Waals surface area (Å²) in [4.78, 5) is 14.3. The maximum Gasteiger partial charge on any atom is 0.132 e. The maximum atomic E-state index is 11.8. The number of piperidine rings is 1. The summed E-state index contributed by atoms with van der Waals surface area (Å²) in [6.45, 7) is 5.50. The Morgan fingerprint density at radius 3 is 2.91 bits per heavy atom. The van der Waals surface area contributed by atoms with Crippen LogP contribution in [0.2, 0.25) is 0 Å². The minimum absolute atomic E-state index is 0.450. The second kappa shape index (κ2) is 7.23. The Morgan fingerprint density at radius 1 is 1.23 bits per heavy atom. The molecule has 22 heavy (non-hydrogen) atoms. The molecule has 1 heterocycles. The minimum atomic E-state index is 0.450. The Morgan fingerprint density at radius 2 is 2.05 bits per heavy atom. The SMILES string of the molecule is CCCCC(=O)CCCN1CCC2=Cc3ccccc3C2C1. The summed E-state index contributed by atoms with van der Waals surface area (Å²) in [6.07, 6.45) is 8.31. The molecule has 1 aromatic rings. The van der Waals surface area contributed by atoms with E-state index in [1.807, 2.05) is 0 Å². The van der Waals surface area contributed by atoms with Crippen LogP contribution in [0.1, 0.15) is 62.5 Å². The van der Waals surface area contributed by atoms with Crippen molar-refractivity contribution in [2.75, 3.05) is 19.6 Å². The highest BCUT2D eigenvalue weighted by atomic mass is 16.1. The van der Waals surface area contributed by atoms with Gasteiger partial charge in [0.25, 0.3) is 0 Å². The van der Waals surface area contributed by atoms with Crippen LogP contribution in [-0.4, -0.2) is 30.3 Å². The van der Waals surface area contributed by atoms with Gasteiger partial charge >= 0.3 is 0 Å². The summed E-state index contributed by atoms with van der Waals surface area (Å²) in [5.74, 6) is 1.05. The van der Waals surface area contributed by atoms with Crippen LogP contribution in [-0.2, 0) is 4.79 Å². The normalized spacial score (nSPS) is 20.4. The summed E-state index contributed by atoms with van der Waals surface area (Å²) < 4.78 is 0. The molecule has 1 unspecified atom stereocenters. The summed E-state index contributed by atoms with van der Waals surface area (Å²) in [6, 6.07) is 8.80. The van der Waals surface area contributed by atoms with E-state index in [2.05, 4.69) is 42.2 Å². The fourth-order valence-electron chi connectivity index (χ4n) is 3.76. The van der Waals surface area contributed by atoms with E-state index in [1.54, 1.807) is 5.57 Å². The zero-order valence-corrected chi connectivity index (χ0v) is 13.7. The van der Waals surface area contributed by atoms with Crippen LogP contribution in [0.25, 0.3) is 6.08 Å². The van der Waals surface area contributed by atoms with Gasteiger partial charge in [-0.25, -0.2) is 0 Å². The van der Waals surface area contributed by atoms with Crippen molar-refractivity contribution in [2.45, 2.75) is 51.4 Å².